The van der Waals surface area contributed by atoms with E-state index in [1.807, 2.05) is 0 Å². The molecule has 1 aromatic heterocycles. The molecule has 0 spiro atoms. The first-order valence-corrected chi connectivity index (χ1v) is 11.7. The van der Waals surface area contributed by atoms with E-state index in [4.69, 9.17) is 4.74 Å². The molecule has 0 atom stereocenters. The Morgan fingerprint density at radius 1 is 1.16 bits per heavy atom. The number of carbonyl (C=O) groups excluding carboxylic acids is 1. The fourth-order valence-corrected chi connectivity index (χ4v) is 4.96. The molecule has 2 aliphatic rings. The number of ether oxygens (including phenoxy) is 1. The van der Waals surface area contributed by atoms with Crippen LogP contribution in [0.5, 0.6) is 0 Å². The lowest BCUT2D eigenvalue weighted by atomic mass is 10.2. The Hall–Kier alpha value is -2.44. The Balaban J connectivity index is 1.36. The first-order valence-electron chi connectivity index (χ1n) is 10.3. The first kappa shape index (κ1) is 22.7. The van der Waals surface area contributed by atoms with Crippen LogP contribution in [0.2, 0.25) is 0 Å². The number of amides is 1. The van der Waals surface area contributed by atoms with Gasteiger partial charge in [0.1, 0.15) is 0 Å². The van der Waals surface area contributed by atoms with Gasteiger partial charge in [0.05, 0.1) is 24.7 Å². The number of benzene rings is 1. The molecule has 1 aromatic carbocycles. The third-order valence-electron chi connectivity index (χ3n) is 5.43. The minimum Gasteiger partial charge on any atom is -0.379 e. The van der Waals surface area contributed by atoms with E-state index in [9.17, 15) is 26.4 Å². The van der Waals surface area contributed by atoms with Crippen LogP contribution >= 0.6 is 0 Å². The van der Waals surface area contributed by atoms with Crippen LogP contribution in [0.1, 0.15) is 40.5 Å². The molecular formula is C20H23F3N4O4S. The molecule has 174 valence electrons. The monoisotopic (exact) mass is 472 g/mol. The van der Waals surface area contributed by atoms with Crippen molar-refractivity contribution in [3.05, 3.63) is 47.3 Å². The van der Waals surface area contributed by atoms with Crippen molar-refractivity contribution in [2.45, 2.75) is 36.4 Å². The molecule has 0 unspecified atom stereocenters. The van der Waals surface area contributed by atoms with Crippen molar-refractivity contribution < 1.29 is 31.1 Å². The Bertz CT molecular complexity index is 1070. The van der Waals surface area contributed by atoms with E-state index in [-0.39, 0.29) is 42.6 Å². The van der Waals surface area contributed by atoms with E-state index in [2.05, 4.69) is 10.4 Å². The second-order valence-corrected chi connectivity index (χ2v) is 9.68. The number of carbonyl (C=O) groups is 1. The van der Waals surface area contributed by atoms with Gasteiger partial charge in [0.15, 0.2) is 5.69 Å². The summed E-state index contributed by atoms with van der Waals surface area (Å²) in [6.45, 7) is 1.42. The van der Waals surface area contributed by atoms with Crippen molar-refractivity contribution in [1.82, 2.24) is 19.4 Å². The van der Waals surface area contributed by atoms with Crippen LogP contribution in [0.4, 0.5) is 13.2 Å². The molecule has 2 fully saturated rings. The van der Waals surface area contributed by atoms with Gasteiger partial charge in [-0.2, -0.15) is 22.6 Å². The highest BCUT2D eigenvalue weighted by Gasteiger charge is 2.37. The summed E-state index contributed by atoms with van der Waals surface area (Å²) in [4.78, 5) is 12.5. The number of nitrogens with one attached hydrogen (secondary N) is 1. The molecule has 12 heteroatoms. The van der Waals surface area contributed by atoms with Gasteiger partial charge in [-0.1, -0.05) is 0 Å². The lowest BCUT2D eigenvalue weighted by Crippen LogP contribution is -2.40. The molecule has 1 saturated heterocycles. The van der Waals surface area contributed by atoms with E-state index in [1.54, 1.807) is 0 Å². The highest BCUT2D eigenvalue weighted by Crippen LogP contribution is 2.42. The number of halogens is 3. The Labute approximate surface area is 183 Å². The fraction of sp³-hybridized carbons (Fsp3) is 0.500. The van der Waals surface area contributed by atoms with Crippen LogP contribution < -0.4 is 5.32 Å². The summed E-state index contributed by atoms with van der Waals surface area (Å²) in [6, 6.07) is 6.64. The van der Waals surface area contributed by atoms with Gasteiger partial charge in [0, 0.05) is 36.8 Å². The van der Waals surface area contributed by atoms with Crippen molar-refractivity contribution in [1.29, 1.82) is 0 Å². The zero-order valence-corrected chi connectivity index (χ0v) is 18.0. The molecule has 1 aliphatic carbocycles. The number of nitrogens with zero attached hydrogens (tertiary/aromatic N) is 3. The highest BCUT2D eigenvalue weighted by molar-refractivity contribution is 7.89. The summed E-state index contributed by atoms with van der Waals surface area (Å²) in [5.41, 5.74) is -0.142. The van der Waals surface area contributed by atoms with Crippen molar-refractivity contribution in [2.75, 3.05) is 32.8 Å². The van der Waals surface area contributed by atoms with Crippen molar-refractivity contribution in [3.8, 4) is 0 Å². The summed E-state index contributed by atoms with van der Waals surface area (Å²) in [5, 5.41) is 6.30. The summed E-state index contributed by atoms with van der Waals surface area (Å²) in [7, 11) is -3.66. The average molecular weight is 472 g/mol. The van der Waals surface area contributed by atoms with Gasteiger partial charge in [-0.25, -0.2) is 8.42 Å². The standard InChI is InChI=1S/C20H23F3N4O4S/c21-20(22,23)18-13-17(14-1-2-14)27(25-18)8-7-24-19(28)15-3-5-16(6-4-15)32(29,30)26-9-11-31-12-10-26/h3-6,13-14H,1-2,7-12H2,(H,24,28). The number of morpholine rings is 1. The summed E-state index contributed by atoms with van der Waals surface area (Å²) < 4.78 is 72.0. The van der Waals surface area contributed by atoms with Gasteiger partial charge in [-0.05, 0) is 43.2 Å². The van der Waals surface area contributed by atoms with Gasteiger partial charge in [0.2, 0.25) is 10.0 Å². The molecule has 1 aliphatic heterocycles. The van der Waals surface area contributed by atoms with Crippen LogP contribution in [0.15, 0.2) is 35.2 Å². The van der Waals surface area contributed by atoms with E-state index < -0.39 is 27.8 Å². The normalized spacial score (nSPS) is 18.0. The van der Waals surface area contributed by atoms with Gasteiger partial charge in [-0.3, -0.25) is 9.48 Å². The summed E-state index contributed by atoms with van der Waals surface area (Å²) in [6.07, 6.45) is -2.86. The number of hydrogen-bond donors (Lipinski definition) is 1. The van der Waals surface area contributed by atoms with Crippen molar-refractivity contribution in [2.24, 2.45) is 0 Å². The quantitative estimate of drug-likeness (QED) is 0.667. The number of aromatic nitrogens is 2. The van der Waals surface area contributed by atoms with Crippen LogP contribution in [-0.2, 0) is 27.5 Å². The van der Waals surface area contributed by atoms with Crippen molar-refractivity contribution in [3.63, 3.8) is 0 Å². The summed E-state index contributed by atoms with van der Waals surface area (Å²) >= 11 is 0. The molecule has 8 nitrogen and oxygen atoms in total. The number of sulfonamides is 1. The van der Waals surface area contributed by atoms with Crippen LogP contribution in [0, 0.1) is 0 Å². The predicted octanol–water partition coefficient (Wildman–Crippen LogP) is 2.23. The number of rotatable bonds is 7. The highest BCUT2D eigenvalue weighted by atomic mass is 32.2. The van der Waals surface area contributed by atoms with Gasteiger partial charge in [0.25, 0.3) is 5.91 Å². The predicted molar refractivity (Wildman–Crippen MR) is 108 cm³/mol. The minimum atomic E-state index is -4.51. The molecule has 0 bridgehead atoms. The van der Waals surface area contributed by atoms with Crippen LogP contribution in [0.25, 0.3) is 0 Å². The van der Waals surface area contributed by atoms with Gasteiger partial charge < -0.3 is 10.1 Å². The topological polar surface area (TPSA) is 93.5 Å². The Morgan fingerprint density at radius 2 is 1.81 bits per heavy atom. The first-order chi connectivity index (χ1) is 15.2. The maximum Gasteiger partial charge on any atom is 0.435 e. The molecule has 0 radical (unpaired) electrons. The molecule has 2 heterocycles. The van der Waals surface area contributed by atoms with Gasteiger partial charge >= 0.3 is 6.18 Å². The molecular weight excluding hydrogens is 449 g/mol. The van der Waals surface area contributed by atoms with E-state index >= 15 is 0 Å². The molecule has 1 saturated carbocycles. The lowest BCUT2D eigenvalue weighted by Gasteiger charge is -2.26. The maximum absolute atomic E-state index is 13.0. The van der Waals surface area contributed by atoms with E-state index in [0.717, 1.165) is 18.9 Å². The van der Waals surface area contributed by atoms with E-state index in [0.29, 0.717) is 18.9 Å². The van der Waals surface area contributed by atoms with E-state index in [1.165, 1.54) is 33.3 Å². The molecule has 4 rings (SSSR count). The lowest BCUT2D eigenvalue weighted by molar-refractivity contribution is -0.141. The third-order valence-corrected chi connectivity index (χ3v) is 7.34. The maximum atomic E-state index is 13.0. The van der Waals surface area contributed by atoms with Crippen molar-refractivity contribution >= 4 is 15.9 Å². The number of alkyl halides is 3. The smallest absolute Gasteiger partial charge is 0.379 e. The summed E-state index contributed by atoms with van der Waals surface area (Å²) in [5.74, 6) is -0.369. The largest absolute Gasteiger partial charge is 0.435 e. The third kappa shape index (κ3) is 4.97. The molecule has 1 N–H and O–H groups in total. The zero-order chi connectivity index (χ0) is 22.9. The Kier molecular flexibility index (Phi) is 6.28. The second-order valence-electron chi connectivity index (χ2n) is 7.75. The number of hydrogen-bond acceptors (Lipinski definition) is 5. The van der Waals surface area contributed by atoms with Gasteiger partial charge in [-0.15, -0.1) is 0 Å². The minimum absolute atomic E-state index is 0.0789. The average Bonchev–Trinajstić information content (AvgIpc) is 3.52. The second kappa shape index (κ2) is 8.83. The SMILES string of the molecule is O=C(NCCn1nc(C(F)(F)F)cc1C1CC1)c1ccc(S(=O)(=O)N2CCOCC2)cc1. The molecule has 2 aromatic rings. The van der Waals surface area contributed by atoms with Crippen LogP contribution in [-0.4, -0.2) is 61.3 Å². The Morgan fingerprint density at radius 3 is 2.41 bits per heavy atom. The van der Waals surface area contributed by atoms with Crippen LogP contribution in [0.3, 0.4) is 0 Å². The molecule has 1 amide bonds. The zero-order valence-electron chi connectivity index (χ0n) is 17.1. The fourth-order valence-electron chi connectivity index (χ4n) is 3.55. The molecule has 32 heavy (non-hydrogen) atoms.